The van der Waals surface area contributed by atoms with E-state index in [-0.39, 0.29) is 28.4 Å². The molecule has 8 heteroatoms. The van der Waals surface area contributed by atoms with Crippen LogP contribution in [0.2, 0.25) is 0 Å². The average Bonchev–Trinajstić information content (AvgIpc) is 3.27. The Morgan fingerprint density at radius 3 is 2.42 bits per heavy atom. The van der Waals surface area contributed by atoms with E-state index in [4.69, 9.17) is 14.2 Å². The lowest BCUT2D eigenvalue weighted by Gasteiger charge is -2.25. The van der Waals surface area contributed by atoms with Crippen LogP contribution in [0, 0.1) is 11.7 Å². The molecule has 1 atom stereocenters. The average molecular weight is 359 g/mol. The zero-order valence-electron chi connectivity index (χ0n) is 13.8. The number of methoxy groups -OCH3 is 2. The minimum atomic E-state index is -3.95. The third-order valence-corrected chi connectivity index (χ3v) is 6.37. The predicted octanol–water partition coefficient (Wildman–Crippen LogP) is 2.03. The molecule has 6 nitrogen and oxygen atoms in total. The highest BCUT2D eigenvalue weighted by Gasteiger charge is 2.41. The van der Waals surface area contributed by atoms with Gasteiger partial charge in [-0.05, 0) is 25.2 Å². The maximum absolute atomic E-state index is 14.4. The molecule has 1 saturated heterocycles. The summed E-state index contributed by atoms with van der Waals surface area (Å²) in [5.74, 6) is -0.321. The van der Waals surface area contributed by atoms with Crippen LogP contribution in [0.25, 0.3) is 0 Å². The lowest BCUT2D eigenvalue weighted by atomic mass is 10.1. The number of benzene rings is 1. The van der Waals surface area contributed by atoms with Crippen molar-refractivity contribution >= 4 is 10.0 Å². The molecular formula is C16H22FNO5S. The highest BCUT2D eigenvalue weighted by atomic mass is 32.2. The van der Waals surface area contributed by atoms with Crippen molar-refractivity contribution in [2.45, 2.75) is 30.2 Å². The molecule has 1 aromatic rings. The maximum atomic E-state index is 14.4. The molecule has 1 aliphatic carbocycles. The van der Waals surface area contributed by atoms with Gasteiger partial charge in [0.1, 0.15) is 10.7 Å². The van der Waals surface area contributed by atoms with E-state index < -0.39 is 15.8 Å². The molecule has 24 heavy (non-hydrogen) atoms. The van der Waals surface area contributed by atoms with Crippen molar-refractivity contribution in [1.29, 1.82) is 0 Å². The Labute approximate surface area is 141 Å². The summed E-state index contributed by atoms with van der Waals surface area (Å²) in [5, 5.41) is 0. The van der Waals surface area contributed by atoms with Gasteiger partial charge in [0.2, 0.25) is 10.0 Å². The van der Waals surface area contributed by atoms with E-state index in [2.05, 4.69) is 0 Å². The van der Waals surface area contributed by atoms with Crippen molar-refractivity contribution in [2.75, 3.05) is 34.0 Å². The number of ether oxygens (including phenoxy) is 3. The molecule has 0 N–H and O–H groups in total. The summed E-state index contributed by atoms with van der Waals surface area (Å²) in [6, 6.07) is 2.20. The van der Waals surface area contributed by atoms with Crippen LogP contribution >= 0.6 is 0 Å². The largest absolute Gasteiger partial charge is 0.493 e. The highest BCUT2D eigenvalue weighted by molar-refractivity contribution is 7.89. The second kappa shape index (κ2) is 6.85. The molecule has 0 radical (unpaired) electrons. The fourth-order valence-corrected chi connectivity index (χ4v) is 4.77. The van der Waals surface area contributed by atoms with Crippen LogP contribution in [0.4, 0.5) is 4.39 Å². The minimum absolute atomic E-state index is 0.0527. The summed E-state index contributed by atoms with van der Waals surface area (Å²) in [6.07, 6.45) is 2.44. The fraction of sp³-hybridized carbons (Fsp3) is 0.625. The van der Waals surface area contributed by atoms with E-state index in [0.29, 0.717) is 19.8 Å². The van der Waals surface area contributed by atoms with Gasteiger partial charge in [0.25, 0.3) is 0 Å². The monoisotopic (exact) mass is 359 g/mol. The van der Waals surface area contributed by atoms with Gasteiger partial charge in [-0.2, -0.15) is 4.31 Å². The number of nitrogens with zero attached hydrogens (tertiary/aromatic N) is 1. The van der Waals surface area contributed by atoms with Crippen LogP contribution in [-0.2, 0) is 14.8 Å². The third kappa shape index (κ3) is 3.36. The lowest BCUT2D eigenvalue weighted by Crippen LogP contribution is -2.37. The molecular weight excluding hydrogens is 337 g/mol. The predicted molar refractivity (Wildman–Crippen MR) is 85.3 cm³/mol. The lowest BCUT2D eigenvalue weighted by molar-refractivity contribution is 0.180. The number of hydrogen-bond acceptors (Lipinski definition) is 5. The fourth-order valence-electron chi connectivity index (χ4n) is 2.95. The molecule has 1 aromatic carbocycles. The summed E-state index contributed by atoms with van der Waals surface area (Å²) < 4.78 is 57.4. The van der Waals surface area contributed by atoms with Crippen LogP contribution < -0.4 is 9.47 Å². The molecule has 2 fully saturated rings. The molecule has 0 aromatic heterocycles. The molecule has 2 aliphatic rings. The smallest absolute Gasteiger partial charge is 0.246 e. The Hall–Kier alpha value is -1.38. The van der Waals surface area contributed by atoms with Crippen molar-refractivity contribution < 1.29 is 27.0 Å². The first-order chi connectivity index (χ1) is 11.5. The number of hydrogen-bond donors (Lipinski definition) is 0. The second-order valence-electron chi connectivity index (χ2n) is 6.17. The number of sulfonamides is 1. The Morgan fingerprint density at radius 2 is 1.88 bits per heavy atom. The summed E-state index contributed by atoms with van der Waals surface area (Å²) in [4.78, 5) is -0.369. The quantitative estimate of drug-likeness (QED) is 0.745. The normalized spacial score (nSPS) is 21.2. The van der Waals surface area contributed by atoms with Gasteiger partial charge in [0, 0.05) is 31.3 Å². The first-order valence-electron chi connectivity index (χ1n) is 7.98. The van der Waals surface area contributed by atoms with E-state index in [1.165, 1.54) is 24.6 Å². The first kappa shape index (κ1) is 17.4. The van der Waals surface area contributed by atoms with Gasteiger partial charge in [-0.15, -0.1) is 0 Å². The first-order valence-corrected chi connectivity index (χ1v) is 9.42. The Balaban J connectivity index is 1.95. The standard InChI is InChI=1S/C16H22FNO5S/c1-21-14-7-13(17)16(8-15(14)22-2)24(19,20)18(12-3-4-12)9-11-5-6-23-10-11/h7-8,11-12H,3-6,9-10H2,1-2H3. The Bertz CT molecular complexity index is 699. The molecule has 0 bridgehead atoms. The van der Waals surface area contributed by atoms with Gasteiger partial charge in [0.15, 0.2) is 11.5 Å². The molecule has 1 aliphatic heterocycles. The molecule has 1 saturated carbocycles. The van der Waals surface area contributed by atoms with E-state index >= 15 is 0 Å². The van der Waals surface area contributed by atoms with Gasteiger partial charge in [0.05, 0.1) is 20.8 Å². The van der Waals surface area contributed by atoms with Gasteiger partial charge >= 0.3 is 0 Å². The molecule has 134 valence electrons. The number of rotatable bonds is 7. The molecule has 3 rings (SSSR count). The van der Waals surface area contributed by atoms with E-state index in [9.17, 15) is 12.8 Å². The van der Waals surface area contributed by atoms with Crippen LogP contribution in [0.1, 0.15) is 19.3 Å². The minimum Gasteiger partial charge on any atom is -0.493 e. The van der Waals surface area contributed by atoms with Gasteiger partial charge in [-0.25, -0.2) is 12.8 Å². The summed E-state index contributed by atoms with van der Waals surface area (Å²) in [6.45, 7) is 1.56. The van der Waals surface area contributed by atoms with Crippen LogP contribution in [0.3, 0.4) is 0 Å². The topological polar surface area (TPSA) is 65.1 Å². The van der Waals surface area contributed by atoms with Crippen molar-refractivity contribution in [1.82, 2.24) is 4.31 Å². The Kier molecular flexibility index (Phi) is 4.98. The zero-order valence-corrected chi connectivity index (χ0v) is 14.6. The van der Waals surface area contributed by atoms with Gasteiger partial charge in [-0.3, -0.25) is 0 Å². The van der Waals surface area contributed by atoms with Crippen molar-refractivity contribution in [3.8, 4) is 11.5 Å². The maximum Gasteiger partial charge on any atom is 0.246 e. The molecule has 1 heterocycles. The molecule has 1 unspecified atom stereocenters. The van der Waals surface area contributed by atoms with E-state index in [1.807, 2.05) is 0 Å². The van der Waals surface area contributed by atoms with Crippen LogP contribution in [0.5, 0.6) is 11.5 Å². The highest BCUT2D eigenvalue weighted by Crippen LogP contribution is 2.37. The van der Waals surface area contributed by atoms with Gasteiger partial charge < -0.3 is 14.2 Å². The van der Waals surface area contributed by atoms with Crippen LogP contribution in [-0.4, -0.2) is 52.7 Å². The van der Waals surface area contributed by atoms with E-state index in [1.54, 1.807) is 0 Å². The van der Waals surface area contributed by atoms with Crippen molar-refractivity contribution in [3.63, 3.8) is 0 Å². The van der Waals surface area contributed by atoms with Crippen LogP contribution in [0.15, 0.2) is 17.0 Å². The zero-order chi connectivity index (χ0) is 17.3. The Morgan fingerprint density at radius 1 is 1.21 bits per heavy atom. The van der Waals surface area contributed by atoms with E-state index in [0.717, 1.165) is 25.3 Å². The third-order valence-electron chi connectivity index (χ3n) is 4.44. The molecule has 0 spiro atoms. The van der Waals surface area contributed by atoms with Gasteiger partial charge in [-0.1, -0.05) is 0 Å². The second-order valence-corrected chi connectivity index (χ2v) is 8.03. The SMILES string of the molecule is COc1cc(F)c(S(=O)(=O)N(CC2CCOC2)C2CC2)cc1OC. The summed E-state index contributed by atoms with van der Waals surface area (Å²) in [7, 11) is -1.18. The summed E-state index contributed by atoms with van der Waals surface area (Å²) in [5.41, 5.74) is 0. The van der Waals surface area contributed by atoms with Crippen molar-refractivity contribution in [3.05, 3.63) is 17.9 Å². The number of halogens is 1. The summed E-state index contributed by atoms with van der Waals surface area (Å²) >= 11 is 0. The van der Waals surface area contributed by atoms with Crippen molar-refractivity contribution in [2.24, 2.45) is 5.92 Å². The molecule has 0 amide bonds.